The van der Waals surface area contributed by atoms with E-state index in [1.54, 1.807) is 24.3 Å². The average molecular weight is 347 g/mol. The number of hydrogen-bond donors (Lipinski definition) is 0. The van der Waals surface area contributed by atoms with Crippen LogP contribution in [0.15, 0.2) is 35.9 Å². The molecule has 1 aliphatic rings. The van der Waals surface area contributed by atoms with Gasteiger partial charge >= 0.3 is 0 Å². The molecular weight excluding hydrogens is 326 g/mol. The maximum Gasteiger partial charge on any atom is 0.178 e. The molecule has 3 rings (SSSR count). The summed E-state index contributed by atoms with van der Waals surface area (Å²) in [7, 11) is 0. The molecule has 1 aliphatic carbocycles. The first-order valence-corrected chi connectivity index (χ1v) is 8.61. The van der Waals surface area contributed by atoms with E-state index in [1.165, 1.54) is 6.92 Å². The molecule has 1 heterocycles. The van der Waals surface area contributed by atoms with Gasteiger partial charge in [0.2, 0.25) is 0 Å². The molecule has 1 fully saturated rings. The van der Waals surface area contributed by atoms with Gasteiger partial charge in [0.05, 0.1) is 5.69 Å². The van der Waals surface area contributed by atoms with Gasteiger partial charge in [-0.3, -0.25) is 14.4 Å². The normalized spacial score (nSPS) is 18.6. The number of benzene rings is 1. The summed E-state index contributed by atoms with van der Waals surface area (Å²) in [5, 5.41) is 0. The van der Waals surface area contributed by atoms with Crippen LogP contribution in [-0.2, 0) is 9.59 Å². The molecule has 132 valence electrons. The van der Waals surface area contributed by atoms with Crippen molar-refractivity contribution in [3.63, 3.8) is 0 Å². The second-order valence-electron chi connectivity index (χ2n) is 6.93. The van der Waals surface area contributed by atoms with Crippen LogP contribution >= 0.6 is 0 Å². The Morgan fingerprint density at radius 2 is 1.77 bits per heavy atom. The molecule has 4 heteroatoms. The van der Waals surface area contributed by atoms with Gasteiger partial charge < -0.3 is 0 Å². The molecule has 0 N–H and O–H groups in total. The van der Waals surface area contributed by atoms with Gasteiger partial charge in [-0.05, 0) is 55.7 Å². The quantitative estimate of drug-likeness (QED) is 0.480. The van der Waals surface area contributed by atoms with Crippen LogP contribution in [0.1, 0.15) is 57.7 Å². The van der Waals surface area contributed by atoms with Crippen molar-refractivity contribution >= 4 is 23.4 Å². The Balaban J connectivity index is 2.00. The fourth-order valence-electron chi connectivity index (χ4n) is 3.68. The SMILES string of the molecule is CC(=O)c1cccc(/C=C2\CC(=O)C(c3c(C)cc(C)cc3C)C2=O)n1. The third-order valence-corrected chi connectivity index (χ3v) is 4.75. The van der Waals surface area contributed by atoms with Crippen molar-refractivity contribution in [3.8, 4) is 0 Å². The number of Topliss-reactive ketones (excluding diaryl/α,β-unsaturated/α-hetero) is 3. The number of pyridine rings is 1. The van der Waals surface area contributed by atoms with E-state index in [9.17, 15) is 14.4 Å². The second kappa shape index (κ2) is 6.79. The lowest BCUT2D eigenvalue weighted by atomic mass is 9.87. The Labute approximate surface area is 153 Å². The highest BCUT2D eigenvalue weighted by molar-refractivity contribution is 6.24. The van der Waals surface area contributed by atoms with Crippen molar-refractivity contribution in [2.24, 2.45) is 0 Å². The van der Waals surface area contributed by atoms with Crippen LogP contribution in [0, 0.1) is 20.8 Å². The van der Waals surface area contributed by atoms with Gasteiger partial charge in [-0.15, -0.1) is 0 Å². The minimum absolute atomic E-state index is 0.0842. The number of carbonyl (C=O) groups excluding carboxylic acids is 3. The van der Waals surface area contributed by atoms with Crippen LogP contribution in [-0.4, -0.2) is 22.3 Å². The van der Waals surface area contributed by atoms with Gasteiger partial charge in [0.25, 0.3) is 0 Å². The molecule has 0 aliphatic heterocycles. The van der Waals surface area contributed by atoms with E-state index in [2.05, 4.69) is 4.98 Å². The molecule has 1 aromatic heterocycles. The van der Waals surface area contributed by atoms with Crippen LogP contribution in [0.5, 0.6) is 0 Å². The number of rotatable bonds is 3. The molecule has 1 atom stereocenters. The third-order valence-electron chi connectivity index (χ3n) is 4.75. The predicted octanol–water partition coefficient (Wildman–Crippen LogP) is 3.92. The number of aryl methyl sites for hydroxylation is 3. The zero-order chi connectivity index (χ0) is 19.0. The van der Waals surface area contributed by atoms with E-state index >= 15 is 0 Å². The molecule has 0 saturated heterocycles. The van der Waals surface area contributed by atoms with Crippen LogP contribution < -0.4 is 0 Å². The Hall–Kier alpha value is -2.88. The molecular formula is C22H21NO3. The van der Waals surface area contributed by atoms with Gasteiger partial charge in [-0.2, -0.15) is 0 Å². The Kier molecular flexibility index (Phi) is 4.68. The highest BCUT2D eigenvalue weighted by Crippen LogP contribution is 2.36. The maximum atomic E-state index is 12.9. The first-order valence-electron chi connectivity index (χ1n) is 8.61. The van der Waals surface area contributed by atoms with Gasteiger partial charge in [0.15, 0.2) is 17.3 Å². The van der Waals surface area contributed by atoms with Gasteiger partial charge in [-0.1, -0.05) is 23.8 Å². The van der Waals surface area contributed by atoms with E-state index in [-0.39, 0.29) is 23.8 Å². The Morgan fingerprint density at radius 3 is 2.38 bits per heavy atom. The molecule has 0 radical (unpaired) electrons. The minimum atomic E-state index is -0.738. The monoisotopic (exact) mass is 347 g/mol. The predicted molar refractivity (Wildman–Crippen MR) is 100 cm³/mol. The number of carbonyl (C=O) groups is 3. The highest BCUT2D eigenvalue weighted by atomic mass is 16.2. The molecule has 1 aromatic carbocycles. The summed E-state index contributed by atoms with van der Waals surface area (Å²) in [6.07, 6.45) is 1.73. The average Bonchev–Trinajstić information content (AvgIpc) is 2.82. The van der Waals surface area contributed by atoms with E-state index < -0.39 is 5.92 Å². The first kappa shape index (κ1) is 17.9. The smallest absolute Gasteiger partial charge is 0.178 e. The largest absolute Gasteiger partial charge is 0.298 e. The van der Waals surface area contributed by atoms with Crippen LogP contribution in [0.2, 0.25) is 0 Å². The van der Waals surface area contributed by atoms with E-state index in [1.807, 2.05) is 32.9 Å². The van der Waals surface area contributed by atoms with Crippen molar-refractivity contribution in [1.29, 1.82) is 0 Å². The molecule has 0 spiro atoms. The molecule has 26 heavy (non-hydrogen) atoms. The number of aromatic nitrogens is 1. The maximum absolute atomic E-state index is 12.9. The lowest BCUT2D eigenvalue weighted by Crippen LogP contribution is -2.15. The van der Waals surface area contributed by atoms with Gasteiger partial charge in [0.1, 0.15) is 11.6 Å². The molecule has 0 bridgehead atoms. The summed E-state index contributed by atoms with van der Waals surface area (Å²) in [4.78, 5) is 41.3. The number of nitrogens with zero attached hydrogens (tertiary/aromatic N) is 1. The van der Waals surface area contributed by atoms with E-state index in [4.69, 9.17) is 0 Å². The Morgan fingerprint density at radius 1 is 1.12 bits per heavy atom. The van der Waals surface area contributed by atoms with Crippen molar-refractivity contribution in [3.05, 3.63) is 69.5 Å². The van der Waals surface area contributed by atoms with E-state index in [0.717, 1.165) is 22.3 Å². The first-order chi connectivity index (χ1) is 12.3. The van der Waals surface area contributed by atoms with Crippen LogP contribution in [0.25, 0.3) is 6.08 Å². The summed E-state index contributed by atoms with van der Waals surface area (Å²) in [6.45, 7) is 7.33. The van der Waals surface area contributed by atoms with E-state index in [0.29, 0.717) is 17.0 Å². The molecule has 1 saturated carbocycles. The number of allylic oxidation sites excluding steroid dienone is 1. The molecule has 0 amide bonds. The third kappa shape index (κ3) is 3.27. The number of ketones is 3. The molecule has 2 aromatic rings. The topological polar surface area (TPSA) is 64.1 Å². The zero-order valence-electron chi connectivity index (χ0n) is 15.4. The molecule has 4 nitrogen and oxygen atoms in total. The highest BCUT2D eigenvalue weighted by Gasteiger charge is 2.39. The lowest BCUT2D eigenvalue weighted by Gasteiger charge is -2.15. The second-order valence-corrected chi connectivity index (χ2v) is 6.93. The minimum Gasteiger partial charge on any atom is -0.298 e. The number of hydrogen-bond acceptors (Lipinski definition) is 4. The summed E-state index contributed by atoms with van der Waals surface area (Å²) in [5.41, 5.74) is 5.18. The van der Waals surface area contributed by atoms with Crippen molar-refractivity contribution in [1.82, 2.24) is 4.98 Å². The fraction of sp³-hybridized carbons (Fsp3) is 0.273. The summed E-state index contributed by atoms with van der Waals surface area (Å²) >= 11 is 0. The van der Waals surface area contributed by atoms with Gasteiger partial charge in [0, 0.05) is 18.9 Å². The Bertz CT molecular complexity index is 946. The van der Waals surface area contributed by atoms with Crippen molar-refractivity contribution < 1.29 is 14.4 Å². The van der Waals surface area contributed by atoms with Crippen LogP contribution in [0.4, 0.5) is 0 Å². The fourth-order valence-corrected chi connectivity index (χ4v) is 3.68. The zero-order valence-corrected chi connectivity index (χ0v) is 15.4. The summed E-state index contributed by atoms with van der Waals surface area (Å²) < 4.78 is 0. The van der Waals surface area contributed by atoms with Crippen LogP contribution in [0.3, 0.4) is 0 Å². The lowest BCUT2D eigenvalue weighted by molar-refractivity contribution is -0.123. The molecule has 1 unspecified atom stereocenters. The summed E-state index contributed by atoms with van der Waals surface area (Å²) in [6, 6.07) is 9.09. The standard InChI is InChI=1S/C22H21NO3/c1-12-8-13(2)20(14(3)9-12)21-19(25)11-16(22(21)26)10-17-6-5-7-18(23-17)15(4)24/h5-10,21H,11H2,1-4H3/b16-10+. The van der Waals surface area contributed by atoms with Gasteiger partial charge in [-0.25, -0.2) is 4.98 Å². The van der Waals surface area contributed by atoms with Crippen molar-refractivity contribution in [2.45, 2.75) is 40.0 Å². The summed E-state index contributed by atoms with van der Waals surface area (Å²) in [5.74, 6) is -1.13. The van der Waals surface area contributed by atoms with Crippen molar-refractivity contribution in [2.75, 3.05) is 0 Å².